The van der Waals surface area contributed by atoms with Crippen LogP contribution in [0.1, 0.15) is 47.5 Å². The molecule has 0 unspecified atom stereocenters. The minimum atomic E-state index is -0.652. The molecule has 0 aromatic carbocycles. The second-order valence-electron chi connectivity index (χ2n) is 8.64. The second kappa shape index (κ2) is 3.22. The number of rotatable bonds is 1. The molecule has 7 atom stereocenters. The van der Waals surface area contributed by atoms with Gasteiger partial charge in [0.25, 0.3) is 0 Å². The van der Waals surface area contributed by atoms with Crippen molar-refractivity contribution in [1.82, 2.24) is 0 Å². The van der Waals surface area contributed by atoms with E-state index >= 15 is 0 Å². The summed E-state index contributed by atoms with van der Waals surface area (Å²) in [5.41, 5.74) is -1.56. The molecule has 116 valence electrons. The van der Waals surface area contributed by atoms with Gasteiger partial charge in [0.1, 0.15) is 11.9 Å². The second-order valence-corrected chi connectivity index (χ2v) is 8.64. The van der Waals surface area contributed by atoms with Crippen LogP contribution < -0.4 is 0 Å². The third-order valence-electron chi connectivity index (χ3n) is 7.96. The van der Waals surface area contributed by atoms with Gasteiger partial charge in [-0.1, -0.05) is 27.7 Å². The van der Waals surface area contributed by atoms with Gasteiger partial charge in [-0.3, -0.25) is 9.59 Å². The van der Waals surface area contributed by atoms with Gasteiger partial charge in [0.15, 0.2) is 0 Å². The molecule has 5 saturated carbocycles. The van der Waals surface area contributed by atoms with Crippen molar-refractivity contribution in [3.8, 4) is 0 Å². The van der Waals surface area contributed by atoms with Crippen molar-refractivity contribution in [2.75, 3.05) is 0 Å². The number of aliphatic hydroxyl groups excluding tert-OH is 1. The van der Waals surface area contributed by atoms with E-state index in [4.69, 9.17) is 4.74 Å². The van der Waals surface area contributed by atoms with E-state index in [1.807, 2.05) is 13.8 Å². The zero-order valence-electron chi connectivity index (χ0n) is 13.4. The van der Waals surface area contributed by atoms with Crippen LogP contribution in [-0.4, -0.2) is 29.1 Å². The van der Waals surface area contributed by atoms with Crippen molar-refractivity contribution in [1.29, 1.82) is 0 Å². The van der Waals surface area contributed by atoms with Crippen LogP contribution in [0, 0.1) is 33.5 Å². The fourth-order valence-electron chi connectivity index (χ4n) is 7.36. The zero-order valence-corrected chi connectivity index (χ0v) is 13.4. The summed E-state index contributed by atoms with van der Waals surface area (Å²) < 4.78 is 5.71. The van der Waals surface area contributed by atoms with Gasteiger partial charge in [0, 0.05) is 30.1 Å². The molecule has 0 aliphatic heterocycles. The average molecular weight is 292 g/mol. The third kappa shape index (κ3) is 0.990. The molecule has 4 bridgehead atoms. The molecule has 0 saturated heterocycles. The summed E-state index contributed by atoms with van der Waals surface area (Å²) in [7, 11) is 0. The standard InChI is InChI=1S/C17H24O4/c1-8(18)21-12-10-11-15(4)7-6-9(19)14(2,3)17(12,15)13(20)16(10,11)5/h10-13,20H,6-7H2,1-5H3/t10-,11-,12+,13-,15+,16-,17+/m0/s1. The van der Waals surface area contributed by atoms with Crippen LogP contribution in [-0.2, 0) is 14.3 Å². The summed E-state index contributed by atoms with van der Waals surface area (Å²) in [5.74, 6) is 0.476. The smallest absolute Gasteiger partial charge is 0.302 e. The minimum Gasteiger partial charge on any atom is -0.461 e. The maximum Gasteiger partial charge on any atom is 0.302 e. The first-order valence-electron chi connectivity index (χ1n) is 7.96. The number of esters is 1. The van der Waals surface area contributed by atoms with Gasteiger partial charge >= 0.3 is 5.97 Å². The van der Waals surface area contributed by atoms with Gasteiger partial charge in [0.2, 0.25) is 0 Å². The van der Waals surface area contributed by atoms with Crippen molar-refractivity contribution in [2.45, 2.75) is 59.7 Å². The predicted octanol–water partition coefficient (Wildman–Crippen LogP) is 1.94. The van der Waals surface area contributed by atoms with Crippen molar-refractivity contribution >= 4 is 11.8 Å². The number of ketones is 1. The minimum absolute atomic E-state index is 0.108. The number of hydrogen-bond acceptors (Lipinski definition) is 4. The monoisotopic (exact) mass is 292 g/mol. The molecule has 5 aliphatic rings. The molecule has 0 amide bonds. The first kappa shape index (κ1) is 13.7. The summed E-state index contributed by atoms with van der Waals surface area (Å²) in [5, 5.41) is 11.2. The normalized spacial score (nSPS) is 58.9. The predicted molar refractivity (Wildman–Crippen MR) is 75.2 cm³/mol. The molecule has 5 rings (SSSR count). The Hall–Kier alpha value is -0.900. The number of Topliss-reactive ketones (excluding diaryl/α,β-unsaturated/α-hetero) is 1. The highest BCUT2D eigenvalue weighted by Crippen LogP contribution is 2.94. The van der Waals surface area contributed by atoms with Gasteiger partial charge in [-0.05, 0) is 17.8 Å². The van der Waals surface area contributed by atoms with E-state index in [0.29, 0.717) is 12.3 Å². The van der Waals surface area contributed by atoms with Crippen LogP contribution in [0.5, 0.6) is 0 Å². The first-order chi connectivity index (χ1) is 9.58. The Labute approximate surface area is 125 Å². The molecule has 1 spiro atoms. The summed E-state index contributed by atoms with van der Waals surface area (Å²) in [6.45, 7) is 9.64. The van der Waals surface area contributed by atoms with E-state index in [1.165, 1.54) is 6.92 Å². The quantitative estimate of drug-likeness (QED) is 0.750. The highest BCUT2D eigenvalue weighted by molar-refractivity contribution is 5.88. The van der Waals surface area contributed by atoms with Crippen LogP contribution in [0.3, 0.4) is 0 Å². The van der Waals surface area contributed by atoms with E-state index in [9.17, 15) is 14.7 Å². The van der Waals surface area contributed by atoms with E-state index < -0.39 is 16.9 Å². The third-order valence-corrected chi connectivity index (χ3v) is 7.96. The molecule has 4 nitrogen and oxygen atoms in total. The lowest BCUT2D eigenvalue weighted by Gasteiger charge is -2.57. The average Bonchev–Trinajstić information content (AvgIpc) is 2.80. The molecule has 0 heterocycles. The summed E-state index contributed by atoms with van der Waals surface area (Å²) in [6.07, 6.45) is 0.503. The van der Waals surface area contributed by atoms with E-state index in [0.717, 1.165) is 6.42 Å². The molecular formula is C17H24O4. The van der Waals surface area contributed by atoms with Gasteiger partial charge in [-0.25, -0.2) is 0 Å². The molecule has 5 fully saturated rings. The van der Waals surface area contributed by atoms with Crippen LogP contribution in [0.15, 0.2) is 0 Å². The van der Waals surface area contributed by atoms with Gasteiger partial charge < -0.3 is 9.84 Å². The number of carbonyl (C=O) groups is 2. The van der Waals surface area contributed by atoms with Gasteiger partial charge in [0.05, 0.1) is 11.5 Å². The van der Waals surface area contributed by atoms with Crippen molar-refractivity contribution < 1.29 is 19.4 Å². The van der Waals surface area contributed by atoms with Crippen LogP contribution in [0.2, 0.25) is 0 Å². The highest BCUT2D eigenvalue weighted by Gasteiger charge is 2.98. The summed E-state index contributed by atoms with van der Waals surface area (Å²) >= 11 is 0. The Balaban J connectivity index is 1.96. The maximum atomic E-state index is 12.6. The molecule has 0 aromatic rings. The number of aliphatic hydroxyl groups is 1. The Morgan fingerprint density at radius 2 is 1.90 bits per heavy atom. The lowest BCUT2D eigenvalue weighted by Crippen LogP contribution is -2.62. The Morgan fingerprint density at radius 1 is 1.29 bits per heavy atom. The summed E-state index contributed by atoms with van der Waals surface area (Å²) in [6, 6.07) is 0. The lowest BCUT2D eigenvalue weighted by molar-refractivity contribution is -0.195. The molecule has 5 aliphatic carbocycles. The number of carbonyl (C=O) groups excluding carboxylic acids is 2. The van der Waals surface area contributed by atoms with Crippen LogP contribution >= 0.6 is 0 Å². The van der Waals surface area contributed by atoms with E-state index in [-0.39, 0.29) is 34.6 Å². The SMILES string of the molecule is CC(=O)O[C@@H]1[C@@H]2[C@@H]3[C@@]2(C)[C@H](O)[C@@]12C(C)(C)C(=O)CC[C@]32C. The van der Waals surface area contributed by atoms with Gasteiger partial charge in [-0.2, -0.15) is 0 Å². The van der Waals surface area contributed by atoms with E-state index in [1.54, 1.807) is 0 Å². The van der Waals surface area contributed by atoms with E-state index in [2.05, 4.69) is 13.8 Å². The first-order valence-corrected chi connectivity index (χ1v) is 7.96. The Bertz CT molecular complexity index is 581. The number of ether oxygens (including phenoxy) is 1. The summed E-state index contributed by atoms with van der Waals surface area (Å²) in [4.78, 5) is 24.2. The zero-order chi connectivity index (χ0) is 15.6. The Kier molecular flexibility index (Phi) is 2.11. The van der Waals surface area contributed by atoms with Crippen LogP contribution in [0.25, 0.3) is 0 Å². The van der Waals surface area contributed by atoms with Crippen LogP contribution in [0.4, 0.5) is 0 Å². The molecule has 1 N–H and O–H groups in total. The molecule has 4 heteroatoms. The van der Waals surface area contributed by atoms with Crippen molar-refractivity contribution in [2.24, 2.45) is 33.5 Å². The maximum absolute atomic E-state index is 12.6. The fourth-order valence-corrected chi connectivity index (χ4v) is 7.36. The van der Waals surface area contributed by atoms with Gasteiger partial charge in [-0.15, -0.1) is 0 Å². The largest absolute Gasteiger partial charge is 0.461 e. The van der Waals surface area contributed by atoms with Crippen molar-refractivity contribution in [3.05, 3.63) is 0 Å². The number of hydrogen-bond donors (Lipinski definition) is 1. The molecule has 0 radical (unpaired) electrons. The topological polar surface area (TPSA) is 63.6 Å². The highest BCUT2D eigenvalue weighted by atomic mass is 16.5. The molecule has 21 heavy (non-hydrogen) atoms. The van der Waals surface area contributed by atoms with Crippen molar-refractivity contribution in [3.63, 3.8) is 0 Å². The Morgan fingerprint density at radius 3 is 2.48 bits per heavy atom. The molecular weight excluding hydrogens is 268 g/mol. The lowest BCUT2D eigenvalue weighted by atomic mass is 9.47. The molecule has 0 aromatic heterocycles. The fraction of sp³-hybridized carbons (Fsp3) is 0.882.